The van der Waals surface area contributed by atoms with Crippen molar-refractivity contribution in [3.05, 3.63) is 54.6 Å². The molecule has 0 fully saturated rings. The topological polar surface area (TPSA) is 33.0 Å². The smallest absolute Gasteiger partial charge is 0.127 e. The van der Waals surface area contributed by atoms with Crippen molar-refractivity contribution in [1.29, 1.82) is 5.26 Å². The summed E-state index contributed by atoms with van der Waals surface area (Å²) >= 11 is 0. The molecule has 0 unspecified atom stereocenters. The van der Waals surface area contributed by atoms with E-state index in [-0.39, 0.29) is 0 Å². The molecule has 2 nitrogen and oxygen atoms in total. The highest BCUT2D eigenvalue weighted by molar-refractivity contribution is 5.70. The van der Waals surface area contributed by atoms with Crippen LogP contribution in [0, 0.1) is 11.3 Å². The molecule has 0 aliphatic rings. The summed E-state index contributed by atoms with van der Waals surface area (Å²) in [5.74, 6) is 0.965. The fourth-order valence-electron chi connectivity index (χ4n) is 2.64. The third-order valence-corrected chi connectivity index (χ3v) is 3.91. The van der Waals surface area contributed by atoms with E-state index in [0.29, 0.717) is 6.42 Å². The minimum Gasteiger partial charge on any atom is -0.493 e. The Morgan fingerprint density at radius 2 is 1.39 bits per heavy atom. The van der Waals surface area contributed by atoms with Gasteiger partial charge in [0.2, 0.25) is 0 Å². The molecular weight excluding hydrogens is 282 g/mol. The van der Waals surface area contributed by atoms with E-state index in [0.717, 1.165) is 30.8 Å². The number of nitrogens with zero attached hydrogens (tertiary/aromatic N) is 1. The first-order chi connectivity index (χ1) is 11.4. The minimum absolute atomic E-state index is 0.694. The molecule has 0 aromatic heterocycles. The van der Waals surface area contributed by atoms with Crippen LogP contribution >= 0.6 is 0 Å². The van der Waals surface area contributed by atoms with Crippen LogP contribution in [0.4, 0.5) is 0 Å². The van der Waals surface area contributed by atoms with Gasteiger partial charge in [0.05, 0.1) is 12.7 Å². The predicted octanol–water partition coefficient (Wildman–Crippen LogP) is 5.99. The molecule has 2 heteroatoms. The average molecular weight is 307 g/mol. The van der Waals surface area contributed by atoms with Gasteiger partial charge in [0.15, 0.2) is 0 Å². The zero-order valence-electron chi connectivity index (χ0n) is 13.7. The van der Waals surface area contributed by atoms with Gasteiger partial charge in [0.25, 0.3) is 0 Å². The highest BCUT2D eigenvalue weighted by atomic mass is 16.5. The number of hydrogen-bond acceptors (Lipinski definition) is 2. The van der Waals surface area contributed by atoms with Crippen molar-refractivity contribution in [2.45, 2.75) is 44.9 Å². The maximum Gasteiger partial charge on any atom is 0.127 e. The van der Waals surface area contributed by atoms with E-state index in [4.69, 9.17) is 10.00 Å². The minimum atomic E-state index is 0.694. The molecule has 0 aliphatic carbocycles. The molecule has 0 amide bonds. The number of unbranched alkanes of at least 4 members (excludes halogenated alkanes) is 6. The molecule has 120 valence electrons. The Bertz CT molecular complexity index is 601. The van der Waals surface area contributed by atoms with Gasteiger partial charge in [-0.05, 0) is 24.5 Å². The first-order valence-corrected chi connectivity index (χ1v) is 8.56. The molecule has 0 spiro atoms. The largest absolute Gasteiger partial charge is 0.493 e. The van der Waals surface area contributed by atoms with Crippen LogP contribution in [0.2, 0.25) is 0 Å². The lowest BCUT2D eigenvalue weighted by Gasteiger charge is -2.11. The number of rotatable bonds is 10. The molecule has 0 saturated heterocycles. The van der Waals surface area contributed by atoms with Crippen molar-refractivity contribution < 1.29 is 4.74 Å². The number of para-hydroxylation sites is 1. The summed E-state index contributed by atoms with van der Waals surface area (Å²) in [7, 11) is 0. The van der Waals surface area contributed by atoms with Crippen LogP contribution in [-0.4, -0.2) is 6.61 Å². The molecule has 0 atom stereocenters. The first kappa shape index (κ1) is 17.1. The standard InChI is InChI=1S/C21H25NO/c22-17-11-4-2-1-3-5-12-18-23-21-16-10-9-15-20(21)19-13-7-6-8-14-19/h6-10,13-16H,1-5,11-12,18H2. The van der Waals surface area contributed by atoms with Crippen molar-refractivity contribution in [3.63, 3.8) is 0 Å². The molecule has 2 aromatic rings. The van der Waals surface area contributed by atoms with Crippen molar-refractivity contribution in [3.8, 4) is 22.9 Å². The summed E-state index contributed by atoms with van der Waals surface area (Å²) in [6.45, 7) is 0.766. The highest BCUT2D eigenvalue weighted by Gasteiger charge is 2.04. The van der Waals surface area contributed by atoms with Crippen LogP contribution in [-0.2, 0) is 0 Å². The van der Waals surface area contributed by atoms with Crippen LogP contribution in [0.25, 0.3) is 11.1 Å². The zero-order valence-corrected chi connectivity index (χ0v) is 13.7. The van der Waals surface area contributed by atoms with Gasteiger partial charge >= 0.3 is 0 Å². The van der Waals surface area contributed by atoms with Gasteiger partial charge in [-0.25, -0.2) is 0 Å². The summed E-state index contributed by atoms with van der Waals surface area (Å²) in [5.41, 5.74) is 2.35. The van der Waals surface area contributed by atoms with E-state index in [9.17, 15) is 0 Å². The molecular formula is C21H25NO. The van der Waals surface area contributed by atoms with Crippen LogP contribution in [0.1, 0.15) is 44.9 Å². The molecule has 23 heavy (non-hydrogen) atoms. The lowest BCUT2D eigenvalue weighted by atomic mass is 10.0. The maximum atomic E-state index is 8.49. The Hall–Kier alpha value is -2.27. The number of benzene rings is 2. The molecule has 2 rings (SSSR count). The maximum absolute atomic E-state index is 8.49. The lowest BCUT2D eigenvalue weighted by Crippen LogP contribution is -1.98. The third-order valence-electron chi connectivity index (χ3n) is 3.91. The predicted molar refractivity (Wildman–Crippen MR) is 95.3 cm³/mol. The van der Waals surface area contributed by atoms with Gasteiger partial charge in [-0.1, -0.05) is 74.2 Å². The molecule has 0 bridgehead atoms. The quantitative estimate of drug-likeness (QED) is 0.505. The second kappa shape index (κ2) is 10.5. The molecule has 0 N–H and O–H groups in total. The lowest BCUT2D eigenvalue weighted by molar-refractivity contribution is 0.305. The summed E-state index contributed by atoms with van der Waals surface area (Å²) in [5, 5.41) is 8.49. The van der Waals surface area contributed by atoms with Crippen molar-refractivity contribution in [2.75, 3.05) is 6.61 Å². The number of nitriles is 1. The normalized spacial score (nSPS) is 10.2. The van der Waals surface area contributed by atoms with E-state index in [1.165, 1.54) is 31.2 Å². The Balaban J connectivity index is 1.72. The molecule has 0 heterocycles. The Morgan fingerprint density at radius 1 is 0.739 bits per heavy atom. The van der Waals surface area contributed by atoms with Gasteiger partial charge in [0, 0.05) is 12.0 Å². The summed E-state index contributed by atoms with van der Waals surface area (Å²) in [4.78, 5) is 0. The van der Waals surface area contributed by atoms with Crippen molar-refractivity contribution in [1.82, 2.24) is 0 Å². The number of ether oxygens (including phenoxy) is 1. The van der Waals surface area contributed by atoms with Crippen LogP contribution in [0.5, 0.6) is 5.75 Å². The molecule has 0 radical (unpaired) electrons. The molecule has 0 saturated carbocycles. The van der Waals surface area contributed by atoms with E-state index in [1.807, 2.05) is 18.2 Å². The van der Waals surface area contributed by atoms with E-state index >= 15 is 0 Å². The Morgan fingerprint density at radius 3 is 2.17 bits per heavy atom. The summed E-state index contributed by atoms with van der Waals surface area (Å²) in [6, 6.07) is 20.8. The second-order valence-corrected chi connectivity index (χ2v) is 5.74. The second-order valence-electron chi connectivity index (χ2n) is 5.74. The summed E-state index contributed by atoms with van der Waals surface area (Å²) in [6.07, 6.45) is 7.64. The third kappa shape index (κ3) is 6.16. The van der Waals surface area contributed by atoms with Gasteiger partial charge < -0.3 is 4.74 Å². The van der Waals surface area contributed by atoms with Crippen molar-refractivity contribution >= 4 is 0 Å². The SMILES string of the molecule is N#CCCCCCCCCOc1ccccc1-c1ccccc1. The average Bonchev–Trinajstić information content (AvgIpc) is 2.61. The monoisotopic (exact) mass is 307 g/mol. The zero-order chi connectivity index (χ0) is 16.2. The van der Waals surface area contributed by atoms with Gasteiger partial charge in [-0.3, -0.25) is 0 Å². The molecule has 0 aliphatic heterocycles. The van der Waals surface area contributed by atoms with Gasteiger partial charge in [-0.2, -0.15) is 5.26 Å². The fourth-order valence-corrected chi connectivity index (χ4v) is 2.64. The Kier molecular flexibility index (Phi) is 7.77. The summed E-state index contributed by atoms with van der Waals surface area (Å²) < 4.78 is 5.99. The van der Waals surface area contributed by atoms with Crippen LogP contribution in [0.3, 0.4) is 0 Å². The first-order valence-electron chi connectivity index (χ1n) is 8.56. The van der Waals surface area contributed by atoms with E-state index in [2.05, 4.69) is 42.5 Å². The van der Waals surface area contributed by atoms with E-state index in [1.54, 1.807) is 0 Å². The highest BCUT2D eigenvalue weighted by Crippen LogP contribution is 2.29. The van der Waals surface area contributed by atoms with Crippen molar-refractivity contribution in [2.24, 2.45) is 0 Å². The van der Waals surface area contributed by atoms with Gasteiger partial charge in [0.1, 0.15) is 5.75 Å². The van der Waals surface area contributed by atoms with Crippen LogP contribution in [0.15, 0.2) is 54.6 Å². The fraction of sp³-hybridized carbons (Fsp3) is 0.381. The van der Waals surface area contributed by atoms with E-state index < -0.39 is 0 Å². The Labute approximate surface area is 139 Å². The number of hydrogen-bond donors (Lipinski definition) is 0. The van der Waals surface area contributed by atoms with Gasteiger partial charge in [-0.15, -0.1) is 0 Å². The molecule has 2 aromatic carbocycles. The van der Waals surface area contributed by atoms with Crippen LogP contribution < -0.4 is 4.74 Å².